The molecule has 3 heterocycles. The topological polar surface area (TPSA) is 142 Å². The highest BCUT2D eigenvalue weighted by atomic mass is 32.2. The van der Waals surface area contributed by atoms with E-state index in [1.165, 1.54) is 11.8 Å². The number of benzene rings is 1. The van der Waals surface area contributed by atoms with Crippen molar-refractivity contribution in [3.8, 4) is 0 Å². The first kappa shape index (κ1) is 22.6. The number of pyridine rings is 2. The van der Waals surface area contributed by atoms with Gasteiger partial charge in [-0.3, -0.25) is 9.59 Å². The molecular weight excluding hydrogens is 452 g/mol. The van der Waals surface area contributed by atoms with Gasteiger partial charge >= 0.3 is 0 Å². The second-order valence-electron chi connectivity index (χ2n) is 8.74. The van der Waals surface area contributed by atoms with Gasteiger partial charge in [0, 0.05) is 18.0 Å². The van der Waals surface area contributed by atoms with E-state index in [9.17, 15) is 14.7 Å². The molecule has 10 heteroatoms. The van der Waals surface area contributed by atoms with E-state index in [0.717, 1.165) is 16.0 Å². The van der Waals surface area contributed by atoms with Crippen LogP contribution in [0.3, 0.4) is 0 Å². The smallest absolute Gasteiger partial charge is 0.256 e. The Hall–Kier alpha value is -3.21. The Labute approximate surface area is 200 Å². The number of anilines is 3. The van der Waals surface area contributed by atoms with E-state index in [4.69, 9.17) is 5.73 Å². The molecule has 2 aromatic heterocycles. The fourth-order valence-corrected chi connectivity index (χ4v) is 5.14. The summed E-state index contributed by atoms with van der Waals surface area (Å²) in [4.78, 5) is 34.4. The van der Waals surface area contributed by atoms with Crippen LogP contribution in [0.2, 0.25) is 0 Å². The summed E-state index contributed by atoms with van der Waals surface area (Å²) in [5.41, 5.74) is 6.34. The van der Waals surface area contributed by atoms with Gasteiger partial charge in [0.1, 0.15) is 17.2 Å². The second kappa shape index (κ2) is 9.21. The Morgan fingerprint density at radius 3 is 2.82 bits per heavy atom. The maximum absolute atomic E-state index is 13.0. The Balaban J connectivity index is 1.18. The summed E-state index contributed by atoms with van der Waals surface area (Å²) in [7, 11) is 0. The van der Waals surface area contributed by atoms with E-state index in [1.54, 1.807) is 12.1 Å². The van der Waals surface area contributed by atoms with Crippen LogP contribution in [0.5, 0.6) is 0 Å². The van der Waals surface area contributed by atoms with Crippen LogP contribution < -0.4 is 21.7 Å². The van der Waals surface area contributed by atoms with Gasteiger partial charge in [-0.2, -0.15) is 0 Å². The number of thioether (sulfide) groups is 1. The van der Waals surface area contributed by atoms with E-state index in [0.29, 0.717) is 60.8 Å². The van der Waals surface area contributed by atoms with Crippen LogP contribution in [0.1, 0.15) is 31.4 Å². The summed E-state index contributed by atoms with van der Waals surface area (Å²) in [6.45, 7) is 0.548. The quantitative estimate of drug-likeness (QED) is 0.377. The molecule has 34 heavy (non-hydrogen) atoms. The fourth-order valence-electron chi connectivity index (χ4n) is 4.38. The molecule has 0 spiro atoms. The lowest BCUT2D eigenvalue weighted by Crippen LogP contribution is -2.48. The van der Waals surface area contributed by atoms with Gasteiger partial charge in [-0.05, 0) is 56.0 Å². The summed E-state index contributed by atoms with van der Waals surface area (Å²) in [6, 6.07) is 13.1. The number of aromatic nitrogens is 2. The monoisotopic (exact) mass is 478 g/mol. The first-order valence-corrected chi connectivity index (χ1v) is 12.2. The number of para-hydroxylation sites is 1. The van der Waals surface area contributed by atoms with Gasteiger partial charge in [0.05, 0.1) is 27.5 Å². The van der Waals surface area contributed by atoms with Crippen LogP contribution in [0.15, 0.2) is 47.4 Å². The lowest BCUT2D eigenvalue weighted by atomic mass is 9.81. The molecule has 0 saturated heterocycles. The fraction of sp³-hybridized carbons (Fsp3) is 0.333. The van der Waals surface area contributed by atoms with Crippen molar-refractivity contribution >= 4 is 51.8 Å². The van der Waals surface area contributed by atoms with Gasteiger partial charge in [-0.1, -0.05) is 12.1 Å². The van der Waals surface area contributed by atoms with E-state index < -0.39 is 11.5 Å². The van der Waals surface area contributed by atoms with E-state index in [2.05, 4.69) is 25.9 Å². The van der Waals surface area contributed by atoms with Crippen molar-refractivity contribution in [3.05, 3.63) is 48.2 Å². The van der Waals surface area contributed by atoms with Crippen molar-refractivity contribution in [1.82, 2.24) is 15.3 Å². The lowest BCUT2D eigenvalue weighted by Gasteiger charge is -2.35. The number of hydrogen-bond acceptors (Lipinski definition) is 8. The molecule has 2 amide bonds. The van der Waals surface area contributed by atoms with E-state index in [1.807, 2.05) is 30.3 Å². The number of rotatable bonds is 5. The molecular formula is C24H26N6O3S. The third-order valence-electron chi connectivity index (χ3n) is 6.33. The Kier molecular flexibility index (Phi) is 6.11. The minimum Gasteiger partial charge on any atom is -0.384 e. The molecule has 1 saturated carbocycles. The van der Waals surface area contributed by atoms with Crippen LogP contribution >= 0.6 is 11.8 Å². The van der Waals surface area contributed by atoms with Crippen LogP contribution in [0, 0.1) is 0 Å². The average Bonchev–Trinajstić information content (AvgIpc) is 2.84. The number of amides is 2. The molecule has 9 nitrogen and oxygen atoms in total. The number of nitrogens with one attached hydrogen (secondary N) is 3. The highest BCUT2D eigenvalue weighted by molar-refractivity contribution is 8.00. The first-order valence-electron chi connectivity index (χ1n) is 11.2. The van der Waals surface area contributed by atoms with Crippen molar-refractivity contribution in [2.45, 2.75) is 48.8 Å². The molecule has 1 aliphatic carbocycles. The maximum Gasteiger partial charge on any atom is 0.256 e. The van der Waals surface area contributed by atoms with Gasteiger partial charge in [-0.15, -0.1) is 11.8 Å². The summed E-state index contributed by atoms with van der Waals surface area (Å²) in [5, 5.41) is 21.0. The normalized spacial score (nSPS) is 22.1. The van der Waals surface area contributed by atoms with Crippen molar-refractivity contribution in [2.75, 3.05) is 22.1 Å². The van der Waals surface area contributed by atoms with Crippen LogP contribution in [-0.4, -0.2) is 44.3 Å². The summed E-state index contributed by atoms with van der Waals surface area (Å²) < 4.78 is 0. The van der Waals surface area contributed by atoms with Gasteiger partial charge in [0.2, 0.25) is 5.91 Å². The number of carbonyl (C=O) groups is 2. The molecule has 1 aliphatic heterocycles. The molecule has 2 aliphatic rings. The molecule has 1 fully saturated rings. The maximum atomic E-state index is 13.0. The van der Waals surface area contributed by atoms with Crippen LogP contribution in [0.4, 0.5) is 17.3 Å². The summed E-state index contributed by atoms with van der Waals surface area (Å²) in [6.07, 6.45) is 2.01. The van der Waals surface area contributed by atoms with Crippen molar-refractivity contribution in [1.29, 1.82) is 0 Å². The summed E-state index contributed by atoms with van der Waals surface area (Å²) >= 11 is 1.49. The minimum absolute atomic E-state index is 0.0392. The molecule has 0 radical (unpaired) electrons. The number of nitrogens with two attached hydrogens (primary N) is 1. The lowest BCUT2D eigenvalue weighted by molar-refractivity contribution is -0.137. The predicted octanol–water partition coefficient (Wildman–Crippen LogP) is 2.66. The Morgan fingerprint density at radius 1 is 1.18 bits per heavy atom. The molecule has 6 N–H and O–H groups in total. The molecule has 1 aromatic carbocycles. The van der Waals surface area contributed by atoms with Gasteiger partial charge in [-0.25, -0.2) is 9.97 Å². The third kappa shape index (κ3) is 4.70. The zero-order chi connectivity index (χ0) is 23.7. The zero-order valence-electron chi connectivity index (χ0n) is 18.5. The SMILES string of the molecule is Nc1ccc2cccc(NC(=O)C3(O)CCC(NCc4ccc5c(n4)NC(=O)CS5)CC3)c2n1. The molecule has 5 rings (SSSR count). The third-order valence-corrected chi connectivity index (χ3v) is 7.38. The highest BCUT2D eigenvalue weighted by Gasteiger charge is 2.40. The Morgan fingerprint density at radius 2 is 2.00 bits per heavy atom. The number of nitrogen functional groups attached to an aromatic ring is 1. The summed E-state index contributed by atoms with van der Waals surface area (Å²) in [5.74, 6) is 0.930. The number of carbonyl (C=O) groups excluding carboxylic acids is 2. The van der Waals surface area contributed by atoms with E-state index >= 15 is 0 Å². The van der Waals surface area contributed by atoms with Gasteiger partial charge in [0.25, 0.3) is 5.91 Å². The van der Waals surface area contributed by atoms with Crippen molar-refractivity contribution in [2.24, 2.45) is 0 Å². The molecule has 0 atom stereocenters. The predicted molar refractivity (Wildman–Crippen MR) is 132 cm³/mol. The van der Waals surface area contributed by atoms with E-state index in [-0.39, 0.29) is 11.9 Å². The minimum atomic E-state index is -1.44. The van der Waals surface area contributed by atoms with Crippen molar-refractivity contribution < 1.29 is 14.7 Å². The standard InChI is InChI=1S/C24H26N6O3S/c25-19-7-4-14-2-1-3-17(21(14)29-19)28-23(32)24(33)10-8-15(9-11-24)26-12-16-5-6-18-22(27-16)30-20(31)13-34-18/h1-7,15,26,33H,8-13H2,(H2,25,29)(H,28,32)(H,27,30,31). The number of aliphatic hydroxyl groups is 1. The molecule has 176 valence electrons. The highest BCUT2D eigenvalue weighted by Crippen LogP contribution is 2.32. The largest absolute Gasteiger partial charge is 0.384 e. The average molecular weight is 479 g/mol. The van der Waals surface area contributed by atoms with Crippen LogP contribution in [-0.2, 0) is 16.1 Å². The number of fused-ring (bicyclic) bond motifs is 2. The molecule has 0 bridgehead atoms. The number of nitrogens with zero attached hydrogens (tertiary/aromatic N) is 2. The second-order valence-corrected chi connectivity index (χ2v) is 9.76. The van der Waals surface area contributed by atoms with Gasteiger partial charge < -0.3 is 26.8 Å². The first-order chi connectivity index (χ1) is 16.4. The zero-order valence-corrected chi connectivity index (χ0v) is 19.3. The molecule has 3 aromatic rings. The van der Waals surface area contributed by atoms with Crippen LogP contribution in [0.25, 0.3) is 10.9 Å². The molecule has 0 unspecified atom stereocenters. The van der Waals surface area contributed by atoms with Crippen molar-refractivity contribution in [3.63, 3.8) is 0 Å². The van der Waals surface area contributed by atoms with Gasteiger partial charge in [0.15, 0.2) is 0 Å². The number of hydrogen-bond donors (Lipinski definition) is 5. The Bertz CT molecular complexity index is 1260.